The van der Waals surface area contributed by atoms with E-state index in [1.165, 1.54) is 0 Å². The molecule has 8 nitrogen and oxygen atoms in total. The predicted octanol–water partition coefficient (Wildman–Crippen LogP) is 1.51. The fraction of sp³-hybridized carbons (Fsp3) is 0.667. The topological polar surface area (TPSA) is 96.7 Å². The maximum absolute atomic E-state index is 12.3. The van der Waals surface area contributed by atoms with E-state index in [-0.39, 0.29) is 30.8 Å². The first-order valence-corrected chi connectivity index (χ1v) is 8.64. The van der Waals surface area contributed by atoms with Crippen LogP contribution in [0.5, 0.6) is 0 Å². The van der Waals surface area contributed by atoms with Crippen molar-refractivity contribution in [2.24, 2.45) is 0 Å². The molecule has 0 atom stereocenters. The smallest absolute Gasteiger partial charge is 0.410 e. The molecule has 0 aliphatic carbocycles. The molecule has 0 radical (unpaired) electrons. The SMILES string of the molecule is CC(C)(C)OC(=O)N1CCCn2nc(C(=O)NCCO)c(Br)c2C1. The largest absolute Gasteiger partial charge is 0.444 e. The zero-order chi connectivity index (χ0) is 17.9. The molecule has 0 fully saturated rings. The summed E-state index contributed by atoms with van der Waals surface area (Å²) >= 11 is 3.42. The summed E-state index contributed by atoms with van der Waals surface area (Å²) in [5.74, 6) is -0.361. The van der Waals surface area contributed by atoms with Crippen LogP contribution < -0.4 is 5.32 Å². The average Bonchev–Trinajstić information content (AvgIpc) is 2.68. The van der Waals surface area contributed by atoms with Gasteiger partial charge in [-0.05, 0) is 43.1 Å². The van der Waals surface area contributed by atoms with Gasteiger partial charge in [0.25, 0.3) is 5.91 Å². The Morgan fingerprint density at radius 3 is 2.71 bits per heavy atom. The number of carbonyl (C=O) groups excluding carboxylic acids is 2. The normalized spacial score (nSPS) is 14.8. The van der Waals surface area contributed by atoms with Gasteiger partial charge in [-0.25, -0.2) is 4.79 Å². The fourth-order valence-corrected chi connectivity index (χ4v) is 2.95. The third kappa shape index (κ3) is 4.47. The van der Waals surface area contributed by atoms with E-state index >= 15 is 0 Å². The number of aliphatic hydroxyl groups is 1. The first-order chi connectivity index (χ1) is 11.2. The van der Waals surface area contributed by atoms with Gasteiger partial charge in [0, 0.05) is 19.6 Å². The van der Waals surface area contributed by atoms with Crippen molar-refractivity contribution in [1.29, 1.82) is 0 Å². The van der Waals surface area contributed by atoms with Gasteiger partial charge in [-0.2, -0.15) is 5.10 Å². The first kappa shape index (κ1) is 18.7. The maximum atomic E-state index is 12.3. The van der Waals surface area contributed by atoms with Gasteiger partial charge in [-0.1, -0.05) is 0 Å². The van der Waals surface area contributed by atoms with Gasteiger partial charge in [0.15, 0.2) is 5.69 Å². The van der Waals surface area contributed by atoms with Crippen molar-refractivity contribution in [2.45, 2.75) is 45.9 Å². The summed E-state index contributed by atoms with van der Waals surface area (Å²) in [6.45, 7) is 7.00. The number of aliphatic hydroxyl groups excluding tert-OH is 1. The van der Waals surface area contributed by atoms with E-state index in [4.69, 9.17) is 9.84 Å². The minimum absolute atomic E-state index is 0.136. The minimum Gasteiger partial charge on any atom is -0.444 e. The number of aromatic nitrogens is 2. The summed E-state index contributed by atoms with van der Waals surface area (Å²) < 4.78 is 7.73. The number of hydrogen-bond acceptors (Lipinski definition) is 5. The average molecular weight is 403 g/mol. The molecule has 1 aliphatic rings. The Balaban J connectivity index is 2.19. The molecule has 0 unspecified atom stereocenters. The lowest BCUT2D eigenvalue weighted by Gasteiger charge is -2.26. The van der Waals surface area contributed by atoms with Crippen LogP contribution in [-0.4, -0.2) is 57.1 Å². The van der Waals surface area contributed by atoms with Crippen LogP contribution in [0, 0.1) is 0 Å². The van der Waals surface area contributed by atoms with Gasteiger partial charge in [0.2, 0.25) is 0 Å². The molecule has 2 amide bonds. The highest BCUT2D eigenvalue weighted by atomic mass is 79.9. The minimum atomic E-state index is -0.559. The first-order valence-electron chi connectivity index (χ1n) is 7.85. The number of ether oxygens (including phenoxy) is 1. The van der Waals surface area contributed by atoms with Crippen molar-refractivity contribution in [2.75, 3.05) is 19.7 Å². The van der Waals surface area contributed by atoms with E-state index in [0.717, 1.165) is 12.1 Å². The molecule has 2 rings (SSSR count). The maximum Gasteiger partial charge on any atom is 0.410 e. The second-order valence-corrected chi connectivity index (χ2v) is 7.36. The highest BCUT2D eigenvalue weighted by molar-refractivity contribution is 9.10. The fourth-order valence-electron chi connectivity index (χ4n) is 2.36. The number of nitrogens with one attached hydrogen (secondary N) is 1. The molecule has 1 aliphatic heterocycles. The zero-order valence-corrected chi connectivity index (χ0v) is 15.7. The van der Waals surface area contributed by atoms with Crippen LogP contribution in [0.3, 0.4) is 0 Å². The van der Waals surface area contributed by atoms with E-state index in [9.17, 15) is 9.59 Å². The van der Waals surface area contributed by atoms with Gasteiger partial charge in [0.1, 0.15) is 5.60 Å². The molecule has 134 valence electrons. The summed E-state index contributed by atoms with van der Waals surface area (Å²) in [5, 5.41) is 15.7. The van der Waals surface area contributed by atoms with Crippen LogP contribution in [0.4, 0.5) is 4.79 Å². The van der Waals surface area contributed by atoms with Crippen molar-refractivity contribution >= 4 is 27.9 Å². The molecule has 0 aromatic carbocycles. The van der Waals surface area contributed by atoms with Crippen LogP contribution in [0.15, 0.2) is 4.47 Å². The van der Waals surface area contributed by atoms with Gasteiger partial charge < -0.3 is 20.1 Å². The number of rotatable bonds is 3. The molecule has 2 N–H and O–H groups in total. The van der Waals surface area contributed by atoms with Crippen molar-refractivity contribution < 1.29 is 19.4 Å². The molecule has 0 bridgehead atoms. The van der Waals surface area contributed by atoms with E-state index in [1.54, 1.807) is 9.58 Å². The molecule has 9 heteroatoms. The van der Waals surface area contributed by atoms with Crippen molar-refractivity contribution in [3.63, 3.8) is 0 Å². The lowest BCUT2D eigenvalue weighted by Crippen LogP contribution is -2.36. The Bertz CT molecular complexity index is 624. The predicted molar refractivity (Wildman–Crippen MR) is 90.6 cm³/mol. The summed E-state index contributed by atoms with van der Waals surface area (Å²) in [4.78, 5) is 26.0. The van der Waals surface area contributed by atoms with Gasteiger partial charge in [-0.15, -0.1) is 0 Å². The second kappa shape index (κ2) is 7.52. The van der Waals surface area contributed by atoms with Gasteiger partial charge in [-0.3, -0.25) is 9.48 Å². The number of amides is 2. The van der Waals surface area contributed by atoms with E-state index < -0.39 is 5.60 Å². The Kier molecular flexibility index (Phi) is 5.87. The molecule has 0 saturated carbocycles. The number of halogens is 1. The van der Waals surface area contributed by atoms with Crippen molar-refractivity contribution in [3.05, 3.63) is 15.9 Å². The van der Waals surface area contributed by atoms with Crippen LogP contribution >= 0.6 is 15.9 Å². The monoisotopic (exact) mass is 402 g/mol. The van der Waals surface area contributed by atoms with E-state index in [0.29, 0.717) is 24.1 Å². The molecule has 24 heavy (non-hydrogen) atoms. The number of hydrogen-bond donors (Lipinski definition) is 2. The third-order valence-corrected chi connectivity index (χ3v) is 4.23. The van der Waals surface area contributed by atoms with Crippen LogP contribution in [0.2, 0.25) is 0 Å². The summed E-state index contributed by atoms with van der Waals surface area (Å²) in [7, 11) is 0. The Hall–Kier alpha value is -1.61. The number of carbonyl (C=O) groups is 2. The van der Waals surface area contributed by atoms with Gasteiger partial charge >= 0.3 is 6.09 Å². The second-order valence-electron chi connectivity index (χ2n) is 6.57. The van der Waals surface area contributed by atoms with Crippen molar-refractivity contribution in [1.82, 2.24) is 20.0 Å². The van der Waals surface area contributed by atoms with Crippen LogP contribution in [0.1, 0.15) is 43.4 Å². The molecule has 2 heterocycles. The Labute approximate surface area is 149 Å². The standard InChI is InChI=1S/C15H23BrN4O4/c1-15(2,3)24-14(23)19-6-4-7-20-10(9-19)11(16)12(18-20)13(22)17-5-8-21/h21H,4-9H2,1-3H3,(H,17,22). The molecule has 1 aromatic heterocycles. The zero-order valence-electron chi connectivity index (χ0n) is 14.1. The molecular weight excluding hydrogens is 380 g/mol. The van der Waals surface area contributed by atoms with Crippen molar-refractivity contribution in [3.8, 4) is 0 Å². The number of nitrogens with zero attached hydrogens (tertiary/aromatic N) is 3. The van der Waals surface area contributed by atoms with Gasteiger partial charge in [0.05, 0.1) is 23.3 Å². The lowest BCUT2D eigenvalue weighted by atomic mass is 10.2. The highest BCUT2D eigenvalue weighted by Gasteiger charge is 2.29. The van der Waals surface area contributed by atoms with Crippen LogP contribution in [0.25, 0.3) is 0 Å². The molecular formula is C15H23BrN4O4. The summed E-state index contributed by atoms with van der Waals surface area (Å²) in [6.07, 6.45) is 0.341. The lowest BCUT2D eigenvalue weighted by molar-refractivity contribution is 0.0236. The van der Waals surface area contributed by atoms with Crippen LogP contribution in [-0.2, 0) is 17.8 Å². The number of aryl methyl sites for hydroxylation is 1. The Morgan fingerprint density at radius 1 is 1.38 bits per heavy atom. The summed E-state index contributed by atoms with van der Waals surface area (Å²) in [5.41, 5.74) is 0.452. The molecule has 0 saturated heterocycles. The van der Waals surface area contributed by atoms with E-state index in [1.807, 2.05) is 20.8 Å². The Morgan fingerprint density at radius 2 is 2.08 bits per heavy atom. The third-order valence-electron chi connectivity index (χ3n) is 3.40. The number of fused-ring (bicyclic) bond motifs is 1. The van der Waals surface area contributed by atoms with E-state index in [2.05, 4.69) is 26.3 Å². The molecule has 1 aromatic rings. The highest BCUT2D eigenvalue weighted by Crippen LogP contribution is 2.26. The molecule has 0 spiro atoms. The quantitative estimate of drug-likeness (QED) is 0.798. The summed E-state index contributed by atoms with van der Waals surface area (Å²) in [6, 6.07) is 0.